The van der Waals surface area contributed by atoms with Crippen LogP contribution in [-0.4, -0.2) is 80.8 Å². The molecule has 1 N–H and O–H groups in total. The van der Waals surface area contributed by atoms with Gasteiger partial charge in [-0.3, -0.25) is 4.79 Å². The number of hydrogen-bond acceptors (Lipinski definition) is 5. The Kier molecular flexibility index (Phi) is 6.30. The smallest absolute Gasteiger partial charge is 0.258 e. The third kappa shape index (κ3) is 4.25. The van der Waals surface area contributed by atoms with E-state index in [9.17, 15) is 9.90 Å². The van der Waals surface area contributed by atoms with Crippen LogP contribution in [0.4, 0.5) is 5.69 Å². The maximum Gasteiger partial charge on any atom is 0.258 e. The molecule has 0 aromatic heterocycles. The van der Waals surface area contributed by atoms with Gasteiger partial charge in [-0.1, -0.05) is 13.0 Å². The van der Waals surface area contributed by atoms with Gasteiger partial charge in [-0.15, -0.1) is 0 Å². The summed E-state index contributed by atoms with van der Waals surface area (Å²) in [6, 6.07) is 5.42. The second kappa shape index (κ2) is 8.06. The van der Waals surface area contributed by atoms with Crippen molar-refractivity contribution in [1.29, 1.82) is 0 Å². The minimum absolute atomic E-state index is 0.0451. The molecule has 140 valence electrons. The highest BCUT2D eigenvalue weighted by Crippen LogP contribution is 2.36. The number of hydrogen-bond donors (Lipinski definition) is 1. The summed E-state index contributed by atoms with van der Waals surface area (Å²) in [6.07, 6.45) is -0.0451. The molecule has 1 heterocycles. The van der Waals surface area contributed by atoms with Gasteiger partial charge >= 0.3 is 0 Å². The second-order valence-corrected chi connectivity index (χ2v) is 7.43. The Morgan fingerprint density at radius 1 is 1.32 bits per heavy atom. The zero-order valence-electron chi connectivity index (χ0n) is 16.2. The van der Waals surface area contributed by atoms with Gasteiger partial charge in [-0.25, -0.2) is 0 Å². The Bertz CT molecular complexity index is 604. The van der Waals surface area contributed by atoms with Crippen LogP contribution in [0.15, 0.2) is 18.2 Å². The summed E-state index contributed by atoms with van der Waals surface area (Å²) >= 11 is 0. The summed E-state index contributed by atoms with van der Waals surface area (Å²) < 4.78 is 6.39. The van der Waals surface area contributed by atoms with Crippen LogP contribution in [-0.2, 0) is 0 Å². The Labute approximate surface area is 151 Å². The standard InChI is InChI=1S/C19H31N3O3/c1-13-10-22(14(2)12-23)19(24)15-8-7-9-16(21(5)6)18(15)25-17(13)11-20(3)4/h7-9,13-14,17,23H,10-12H2,1-6H3/t13-,14-,17-/m1/s1. The van der Waals surface area contributed by atoms with Gasteiger partial charge in [0.2, 0.25) is 0 Å². The molecular formula is C19H31N3O3. The van der Waals surface area contributed by atoms with E-state index in [0.29, 0.717) is 17.9 Å². The van der Waals surface area contributed by atoms with Gasteiger partial charge in [0, 0.05) is 33.1 Å². The highest BCUT2D eigenvalue weighted by molar-refractivity contribution is 5.99. The number of ether oxygens (including phenoxy) is 1. The van der Waals surface area contributed by atoms with Gasteiger partial charge in [0.15, 0.2) is 5.75 Å². The lowest BCUT2D eigenvalue weighted by atomic mass is 9.99. The summed E-state index contributed by atoms with van der Waals surface area (Å²) in [5, 5.41) is 9.61. The summed E-state index contributed by atoms with van der Waals surface area (Å²) in [6.45, 7) is 5.24. The number of aliphatic hydroxyl groups excluding tert-OH is 1. The topological polar surface area (TPSA) is 56.3 Å². The molecule has 6 heteroatoms. The average molecular weight is 349 g/mol. The number of carbonyl (C=O) groups excluding carboxylic acids is 1. The predicted octanol–water partition coefficient (Wildman–Crippen LogP) is 1.53. The number of amides is 1. The molecule has 2 rings (SSSR count). The minimum atomic E-state index is -0.232. The van der Waals surface area contributed by atoms with Crippen LogP contribution in [0.25, 0.3) is 0 Å². The number of benzene rings is 1. The van der Waals surface area contributed by atoms with E-state index in [-0.39, 0.29) is 30.6 Å². The van der Waals surface area contributed by atoms with E-state index in [1.807, 2.05) is 58.2 Å². The molecule has 0 radical (unpaired) electrons. The maximum atomic E-state index is 13.1. The van der Waals surface area contributed by atoms with Crippen molar-refractivity contribution in [3.05, 3.63) is 23.8 Å². The molecule has 0 aliphatic carbocycles. The Balaban J connectivity index is 2.56. The first-order valence-electron chi connectivity index (χ1n) is 8.79. The van der Waals surface area contributed by atoms with Crippen LogP contribution in [0.1, 0.15) is 24.2 Å². The van der Waals surface area contributed by atoms with E-state index in [4.69, 9.17) is 4.74 Å². The van der Waals surface area contributed by atoms with E-state index >= 15 is 0 Å². The molecule has 1 aliphatic rings. The fraction of sp³-hybridized carbons (Fsp3) is 0.632. The van der Waals surface area contributed by atoms with Crippen molar-refractivity contribution in [1.82, 2.24) is 9.80 Å². The van der Waals surface area contributed by atoms with Crippen molar-refractivity contribution < 1.29 is 14.6 Å². The van der Waals surface area contributed by atoms with Crippen molar-refractivity contribution in [2.75, 3.05) is 52.8 Å². The lowest BCUT2D eigenvalue weighted by Crippen LogP contribution is -2.49. The molecule has 0 saturated heterocycles. The van der Waals surface area contributed by atoms with E-state index < -0.39 is 0 Å². The van der Waals surface area contributed by atoms with E-state index in [1.54, 1.807) is 4.90 Å². The molecule has 0 unspecified atom stereocenters. The molecule has 1 aliphatic heterocycles. The fourth-order valence-electron chi connectivity index (χ4n) is 3.16. The van der Waals surface area contributed by atoms with Crippen molar-refractivity contribution in [2.45, 2.75) is 26.0 Å². The number of fused-ring (bicyclic) bond motifs is 1. The largest absolute Gasteiger partial charge is 0.486 e. The van der Waals surface area contributed by atoms with Gasteiger partial charge in [-0.2, -0.15) is 0 Å². The summed E-state index contributed by atoms with van der Waals surface area (Å²) in [4.78, 5) is 19.0. The molecule has 0 saturated carbocycles. The van der Waals surface area contributed by atoms with E-state index in [1.165, 1.54) is 0 Å². The Hall–Kier alpha value is -1.79. The van der Waals surface area contributed by atoms with Gasteiger partial charge in [0.05, 0.1) is 23.9 Å². The molecule has 1 aromatic rings. The molecule has 0 fully saturated rings. The van der Waals surface area contributed by atoms with Crippen molar-refractivity contribution in [3.8, 4) is 5.75 Å². The third-order valence-corrected chi connectivity index (χ3v) is 4.70. The third-order valence-electron chi connectivity index (χ3n) is 4.70. The van der Waals surface area contributed by atoms with Gasteiger partial charge in [-0.05, 0) is 33.2 Å². The lowest BCUT2D eigenvalue weighted by Gasteiger charge is -2.38. The SMILES string of the molecule is C[C@@H]1CN([C@H](C)CO)C(=O)c2cccc(N(C)C)c2O[C@@H]1CN(C)C. The van der Waals surface area contributed by atoms with Gasteiger partial charge in [0.25, 0.3) is 5.91 Å². The van der Waals surface area contributed by atoms with Crippen LogP contribution < -0.4 is 9.64 Å². The Morgan fingerprint density at radius 3 is 2.56 bits per heavy atom. The minimum Gasteiger partial charge on any atom is -0.486 e. The molecule has 1 aromatic carbocycles. The number of aliphatic hydroxyl groups is 1. The number of nitrogens with zero attached hydrogens (tertiary/aromatic N) is 3. The zero-order valence-corrected chi connectivity index (χ0v) is 16.2. The molecular weight excluding hydrogens is 318 g/mol. The van der Waals surface area contributed by atoms with Crippen LogP contribution >= 0.6 is 0 Å². The first-order chi connectivity index (χ1) is 11.8. The molecule has 3 atom stereocenters. The summed E-state index contributed by atoms with van der Waals surface area (Å²) in [5.74, 6) is 0.685. The van der Waals surface area contributed by atoms with Crippen LogP contribution in [0.3, 0.4) is 0 Å². The molecule has 1 amide bonds. The Morgan fingerprint density at radius 2 is 2.00 bits per heavy atom. The van der Waals surface area contributed by atoms with Crippen LogP contribution in [0.2, 0.25) is 0 Å². The lowest BCUT2D eigenvalue weighted by molar-refractivity contribution is 0.0365. The number of likely N-dealkylation sites (N-methyl/N-ethyl adjacent to an activating group) is 1. The number of carbonyl (C=O) groups is 1. The quantitative estimate of drug-likeness (QED) is 0.874. The van der Waals surface area contributed by atoms with Crippen molar-refractivity contribution >= 4 is 11.6 Å². The van der Waals surface area contributed by atoms with Gasteiger partial charge < -0.3 is 24.5 Å². The zero-order chi connectivity index (χ0) is 18.7. The number of rotatable bonds is 5. The van der Waals surface area contributed by atoms with Crippen molar-refractivity contribution in [3.63, 3.8) is 0 Å². The highest BCUT2D eigenvalue weighted by atomic mass is 16.5. The molecule has 0 spiro atoms. The predicted molar refractivity (Wildman–Crippen MR) is 100 cm³/mol. The van der Waals surface area contributed by atoms with E-state index in [0.717, 1.165) is 12.2 Å². The number of anilines is 1. The van der Waals surface area contributed by atoms with Crippen LogP contribution in [0.5, 0.6) is 5.75 Å². The maximum absolute atomic E-state index is 13.1. The highest BCUT2D eigenvalue weighted by Gasteiger charge is 2.34. The average Bonchev–Trinajstić information content (AvgIpc) is 2.56. The molecule has 6 nitrogen and oxygen atoms in total. The van der Waals surface area contributed by atoms with Crippen LogP contribution in [0, 0.1) is 5.92 Å². The first-order valence-corrected chi connectivity index (χ1v) is 8.79. The first kappa shape index (κ1) is 19.5. The number of para-hydroxylation sites is 1. The fourth-order valence-corrected chi connectivity index (χ4v) is 3.16. The van der Waals surface area contributed by atoms with Crippen molar-refractivity contribution in [2.24, 2.45) is 5.92 Å². The second-order valence-electron chi connectivity index (χ2n) is 7.43. The normalized spacial score (nSPS) is 22.1. The summed E-state index contributed by atoms with van der Waals surface area (Å²) in [5.41, 5.74) is 1.45. The van der Waals surface area contributed by atoms with E-state index in [2.05, 4.69) is 11.8 Å². The molecule has 0 bridgehead atoms. The molecule has 25 heavy (non-hydrogen) atoms. The summed E-state index contributed by atoms with van der Waals surface area (Å²) in [7, 11) is 7.93. The monoisotopic (exact) mass is 349 g/mol. The van der Waals surface area contributed by atoms with Gasteiger partial charge in [0.1, 0.15) is 6.10 Å².